The van der Waals surface area contributed by atoms with Crippen LogP contribution in [0.2, 0.25) is 0 Å². The van der Waals surface area contributed by atoms with Gasteiger partial charge in [-0.15, -0.1) is 22.7 Å². The first kappa shape index (κ1) is 37.1. The van der Waals surface area contributed by atoms with Crippen molar-refractivity contribution in [3.05, 3.63) is 212 Å². The topological polar surface area (TPSA) is 19.0 Å². The van der Waals surface area contributed by atoms with E-state index in [4.69, 9.17) is 4.74 Å². The van der Waals surface area contributed by atoms with Crippen molar-refractivity contribution in [3.8, 4) is 11.5 Å². The summed E-state index contributed by atoms with van der Waals surface area (Å²) >= 11 is 3.81. The standard InChI is InChI=1S/C60H35B2N3OS2/c1-4-16-36(17-5-1)63-47-24-14-25-48-55(47)61(43-32-30-41-39-22-10-12-28-53(39)67-59(41)57(43)64(48)37-18-6-2-7-19-37)45-34-46-52(35-50(45)63)66-51-27-15-26-49-56(51)62(46)44-33-31-42-40-23-11-13-29-54(40)68-60(42)58(44)65(49)38-20-8-3-9-21-38/h1-35H. The zero-order valence-electron chi connectivity index (χ0n) is 36.4. The molecule has 4 aliphatic heterocycles. The molecular weight excluding hydrogens is 864 g/mol. The van der Waals surface area contributed by atoms with E-state index in [9.17, 15) is 0 Å². The van der Waals surface area contributed by atoms with Crippen molar-refractivity contribution >= 4 is 160 Å². The summed E-state index contributed by atoms with van der Waals surface area (Å²) in [5.41, 5.74) is 18.2. The quantitative estimate of drug-likeness (QED) is 0.164. The van der Waals surface area contributed by atoms with Gasteiger partial charge in [-0.25, -0.2) is 0 Å². The Morgan fingerprint density at radius 2 is 0.794 bits per heavy atom. The summed E-state index contributed by atoms with van der Waals surface area (Å²) in [6.45, 7) is -0.132. The summed E-state index contributed by atoms with van der Waals surface area (Å²) in [5.74, 6) is 1.80. The highest BCUT2D eigenvalue weighted by Gasteiger charge is 2.48. The largest absolute Gasteiger partial charge is 0.458 e. The van der Waals surface area contributed by atoms with Gasteiger partial charge >= 0.3 is 0 Å². The van der Waals surface area contributed by atoms with Crippen molar-refractivity contribution in [3.63, 3.8) is 0 Å². The maximum absolute atomic E-state index is 7.28. The van der Waals surface area contributed by atoms with Gasteiger partial charge in [0.05, 0.1) is 20.8 Å². The first-order valence-corrected chi connectivity index (χ1v) is 25.0. The fraction of sp³-hybridized carbons (Fsp3) is 0. The number of para-hydroxylation sites is 3. The molecule has 0 saturated carbocycles. The molecule has 8 heteroatoms. The zero-order chi connectivity index (χ0) is 44.2. The highest BCUT2D eigenvalue weighted by Crippen LogP contribution is 2.51. The number of nitrogens with zero attached hydrogens (tertiary/aromatic N) is 3. The van der Waals surface area contributed by atoms with E-state index >= 15 is 0 Å². The third-order valence-corrected chi connectivity index (χ3v) is 17.2. The van der Waals surface area contributed by atoms with Crippen LogP contribution < -0.4 is 52.2 Å². The molecule has 16 rings (SSSR count). The van der Waals surface area contributed by atoms with Gasteiger partial charge in [-0.1, -0.05) is 133 Å². The van der Waals surface area contributed by atoms with E-state index in [1.165, 1.54) is 95.9 Å². The number of hydrogen-bond acceptors (Lipinski definition) is 6. The molecule has 314 valence electrons. The molecule has 0 saturated heterocycles. The maximum Gasteiger partial charge on any atom is 0.256 e. The van der Waals surface area contributed by atoms with Crippen LogP contribution in [-0.4, -0.2) is 13.4 Å². The van der Waals surface area contributed by atoms with E-state index in [1.807, 2.05) is 22.7 Å². The molecule has 4 aliphatic rings. The van der Waals surface area contributed by atoms with Crippen LogP contribution >= 0.6 is 22.7 Å². The van der Waals surface area contributed by atoms with Crippen LogP contribution in [0.5, 0.6) is 11.5 Å². The second kappa shape index (κ2) is 13.8. The van der Waals surface area contributed by atoms with Gasteiger partial charge in [-0.3, -0.25) is 0 Å². The minimum Gasteiger partial charge on any atom is -0.458 e. The van der Waals surface area contributed by atoms with Crippen LogP contribution in [0.3, 0.4) is 0 Å². The van der Waals surface area contributed by atoms with Gasteiger partial charge in [0, 0.05) is 76.8 Å². The molecule has 0 unspecified atom stereocenters. The van der Waals surface area contributed by atoms with Crippen molar-refractivity contribution < 1.29 is 4.74 Å². The summed E-state index contributed by atoms with van der Waals surface area (Å²) in [6, 6.07) is 78.6. The number of thiophene rings is 2. The van der Waals surface area contributed by atoms with E-state index in [0.717, 1.165) is 39.9 Å². The highest BCUT2D eigenvalue weighted by molar-refractivity contribution is 7.27. The molecule has 6 heterocycles. The molecule has 10 aromatic carbocycles. The van der Waals surface area contributed by atoms with E-state index in [0.29, 0.717) is 0 Å². The summed E-state index contributed by atoms with van der Waals surface area (Å²) in [6.07, 6.45) is 0. The summed E-state index contributed by atoms with van der Waals surface area (Å²) in [5, 5.41) is 5.19. The lowest BCUT2D eigenvalue weighted by molar-refractivity contribution is 0.488. The maximum atomic E-state index is 7.28. The van der Waals surface area contributed by atoms with Gasteiger partial charge in [0.2, 0.25) is 0 Å². The Balaban J connectivity index is 1.01. The van der Waals surface area contributed by atoms with Crippen LogP contribution in [-0.2, 0) is 0 Å². The fourth-order valence-corrected chi connectivity index (χ4v) is 14.7. The number of anilines is 9. The van der Waals surface area contributed by atoms with Crippen LogP contribution in [0.4, 0.5) is 51.2 Å². The van der Waals surface area contributed by atoms with Gasteiger partial charge in [0.25, 0.3) is 13.4 Å². The van der Waals surface area contributed by atoms with Gasteiger partial charge in [0.15, 0.2) is 0 Å². The molecule has 4 nitrogen and oxygen atoms in total. The van der Waals surface area contributed by atoms with E-state index in [-0.39, 0.29) is 13.4 Å². The number of ether oxygens (including phenoxy) is 1. The number of fused-ring (bicyclic) bond motifs is 16. The lowest BCUT2D eigenvalue weighted by Gasteiger charge is -2.45. The predicted octanol–water partition coefficient (Wildman–Crippen LogP) is 12.9. The van der Waals surface area contributed by atoms with Gasteiger partial charge in [-0.05, 0) is 106 Å². The second-order valence-electron chi connectivity index (χ2n) is 18.3. The normalized spacial score (nSPS) is 13.9. The minimum atomic E-state index is -0.0735. The Kier molecular flexibility index (Phi) is 7.51. The first-order valence-electron chi connectivity index (χ1n) is 23.3. The summed E-state index contributed by atoms with van der Waals surface area (Å²) in [7, 11) is 0. The van der Waals surface area contributed by atoms with E-state index < -0.39 is 0 Å². The molecule has 0 aliphatic carbocycles. The molecular formula is C60H35B2N3OS2. The molecule has 0 amide bonds. The predicted molar refractivity (Wildman–Crippen MR) is 292 cm³/mol. The third-order valence-electron chi connectivity index (χ3n) is 14.9. The SMILES string of the molecule is c1ccc(N2c3cc4c(cc3B3c5ccc6c(sc7ccccc76)c5N(c5ccccc5)c5cccc2c53)B2c3ccc5c(sc6ccccc65)c3N(c3ccccc3)c3cccc(c32)O4)cc1. The van der Waals surface area contributed by atoms with Crippen molar-refractivity contribution in [2.24, 2.45) is 0 Å². The minimum absolute atomic E-state index is 0.0587. The smallest absolute Gasteiger partial charge is 0.256 e. The molecule has 0 bridgehead atoms. The van der Waals surface area contributed by atoms with Crippen molar-refractivity contribution in [1.82, 2.24) is 0 Å². The van der Waals surface area contributed by atoms with Gasteiger partial charge in [0.1, 0.15) is 11.5 Å². The van der Waals surface area contributed by atoms with Crippen molar-refractivity contribution in [1.29, 1.82) is 0 Å². The summed E-state index contributed by atoms with van der Waals surface area (Å²) < 4.78 is 12.5. The zero-order valence-corrected chi connectivity index (χ0v) is 38.1. The van der Waals surface area contributed by atoms with Crippen molar-refractivity contribution in [2.45, 2.75) is 0 Å². The first-order chi connectivity index (χ1) is 33.8. The molecule has 2 aromatic heterocycles. The van der Waals surface area contributed by atoms with Crippen LogP contribution in [0.25, 0.3) is 40.3 Å². The number of benzene rings is 10. The molecule has 0 atom stereocenters. The molecule has 0 spiro atoms. The average Bonchev–Trinajstić information content (AvgIpc) is 3.98. The molecule has 0 radical (unpaired) electrons. The third kappa shape index (κ3) is 4.90. The summed E-state index contributed by atoms with van der Waals surface area (Å²) in [4.78, 5) is 7.53. The van der Waals surface area contributed by atoms with E-state index in [1.54, 1.807) is 0 Å². The molecule has 0 N–H and O–H groups in total. The highest BCUT2D eigenvalue weighted by atomic mass is 32.1. The van der Waals surface area contributed by atoms with Crippen LogP contribution in [0.1, 0.15) is 0 Å². The Morgan fingerprint density at radius 1 is 0.324 bits per heavy atom. The Bertz CT molecular complexity index is 4120. The molecule has 12 aromatic rings. The van der Waals surface area contributed by atoms with Gasteiger partial charge in [-0.2, -0.15) is 0 Å². The van der Waals surface area contributed by atoms with Gasteiger partial charge < -0.3 is 19.4 Å². The Labute approximate surface area is 401 Å². The lowest BCUT2D eigenvalue weighted by Crippen LogP contribution is -2.64. The Morgan fingerprint density at radius 3 is 1.37 bits per heavy atom. The van der Waals surface area contributed by atoms with Crippen LogP contribution in [0, 0.1) is 0 Å². The van der Waals surface area contributed by atoms with Crippen LogP contribution in [0.15, 0.2) is 212 Å². The molecule has 0 fully saturated rings. The monoisotopic (exact) mass is 899 g/mol. The number of hydrogen-bond donors (Lipinski definition) is 0. The fourth-order valence-electron chi connectivity index (χ4n) is 12.2. The second-order valence-corrected chi connectivity index (χ2v) is 20.4. The van der Waals surface area contributed by atoms with Crippen molar-refractivity contribution in [2.75, 3.05) is 14.7 Å². The number of rotatable bonds is 3. The average molecular weight is 900 g/mol. The Hall–Kier alpha value is -8.03. The van der Waals surface area contributed by atoms with E-state index in [2.05, 4.69) is 227 Å². The lowest BCUT2D eigenvalue weighted by atomic mass is 9.30. The molecule has 68 heavy (non-hydrogen) atoms.